The van der Waals surface area contributed by atoms with Crippen molar-refractivity contribution in [2.45, 2.75) is 13.5 Å². The molecule has 1 amide bonds. The van der Waals surface area contributed by atoms with E-state index < -0.39 is 0 Å². The maximum atomic E-state index is 11.9. The molecule has 0 spiro atoms. The highest BCUT2D eigenvalue weighted by molar-refractivity contribution is 7.10. The zero-order valence-electron chi connectivity index (χ0n) is 10.3. The second kappa shape index (κ2) is 6.48. The number of aliphatic hydroxyl groups is 1. The number of hydrogen-bond donors (Lipinski definition) is 2. The molecule has 2 aromatic rings. The van der Waals surface area contributed by atoms with Crippen LogP contribution in [-0.2, 0) is 6.54 Å². The number of aromatic nitrogens is 1. The molecule has 0 atom stereocenters. The summed E-state index contributed by atoms with van der Waals surface area (Å²) in [5, 5.41) is 16.1. The Morgan fingerprint density at radius 2 is 2.32 bits per heavy atom. The van der Waals surface area contributed by atoms with E-state index in [2.05, 4.69) is 22.1 Å². The lowest BCUT2D eigenvalue weighted by Gasteiger charge is -2.00. The van der Waals surface area contributed by atoms with E-state index in [-0.39, 0.29) is 12.5 Å². The number of aliphatic hydroxyl groups excluding tert-OH is 1. The first-order chi connectivity index (χ1) is 9.19. The molecule has 2 aromatic heterocycles. The van der Waals surface area contributed by atoms with Gasteiger partial charge in [-0.05, 0) is 13.0 Å². The fourth-order valence-corrected chi connectivity index (χ4v) is 2.78. The van der Waals surface area contributed by atoms with Gasteiger partial charge in [0.25, 0.3) is 5.91 Å². The van der Waals surface area contributed by atoms with Gasteiger partial charge in [0.05, 0.1) is 27.7 Å². The summed E-state index contributed by atoms with van der Waals surface area (Å²) in [4.78, 5) is 16.9. The molecule has 0 saturated heterocycles. The summed E-state index contributed by atoms with van der Waals surface area (Å²) < 4.78 is 0. The van der Waals surface area contributed by atoms with Gasteiger partial charge >= 0.3 is 0 Å². The van der Waals surface area contributed by atoms with E-state index in [0.29, 0.717) is 12.1 Å². The third kappa shape index (κ3) is 3.89. The molecule has 0 aliphatic heterocycles. The Hall–Kier alpha value is -1.68. The van der Waals surface area contributed by atoms with Crippen LogP contribution < -0.4 is 5.32 Å². The lowest BCUT2D eigenvalue weighted by Crippen LogP contribution is -2.22. The third-order valence-corrected chi connectivity index (χ3v) is 3.92. The third-order valence-electron chi connectivity index (χ3n) is 2.25. The molecule has 0 aliphatic rings. The standard InChI is InChI=1S/C13H12N2O2S2/c1-9-15-11(8-18-9)6-14-13(17)10-5-12(19-7-10)3-2-4-16/h5,7-8,16H,4,6H2,1H3,(H,14,17). The minimum atomic E-state index is -0.178. The van der Waals surface area contributed by atoms with Gasteiger partial charge in [0.1, 0.15) is 6.61 Å². The van der Waals surface area contributed by atoms with E-state index in [4.69, 9.17) is 5.11 Å². The van der Waals surface area contributed by atoms with Gasteiger partial charge in [-0.1, -0.05) is 11.8 Å². The Morgan fingerprint density at radius 1 is 1.47 bits per heavy atom. The van der Waals surface area contributed by atoms with Gasteiger partial charge in [-0.15, -0.1) is 22.7 Å². The molecule has 98 valence electrons. The van der Waals surface area contributed by atoms with Crippen LogP contribution in [0.5, 0.6) is 0 Å². The van der Waals surface area contributed by atoms with Crippen molar-refractivity contribution < 1.29 is 9.90 Å². The second-order valence-corrected chi connectivity index (χ2v) is 5.67. The molecular formula is C13H12N2O2S2. The van der Waals surface area contributed by atoms with Gasteiger partial charge in [0.15, 0.2) is 0 Å². The summed E-state index contributed by atoms with van der Waals surface area (Å²) in [6.45, 7) is 2.18. The maximum Gasteiger partial charge on any atom is 0.252 e. The van der Waals surface area contributed by atoms with Crippen LogP contribution in [0.3, 0.4) is 0 Å². The highest BCUT2D eigenvalue weighted by Crippen LogP contribution is 2.14. The predicted molar refractivity (Wildman–Crippen MR) is 76.3 cm³/mol. The molecule has 6 heteroatoms. The SMILES string of the molecule is Cc1nc(CNC(=O)c2csc(C#CCO)c2)cs1. The lowest BCUT2D eigenvalue weighted by atomic mass is 10.3. The van der Waals surface area contributed by atoms with Crippen molar-refractivity contribution >= 4 is 28.6 Å². The van der Waals surface area contributed by atoms with E-state index in [1.807, 2.05) is 12.3 Å². The second-order valence-electron chi connectivity index (χ2n) is 3.70. The van der Waals surface area contributed by atoms with Crippen LogP contribution in [0, 0.1) is 18.8 Å². The Bertz CT molecular complexity index is 634. The summed E-state index contributed by atoms with van der Waals surface area (Å²) in [6, 6.07) is 1.72. The molecule has 2 heterocycles. The Kier molecular flexibility index (Phi) is 4.68. The number of thiophene rings is 1. The molecule has 0 saturated carbocycles. The number of nitrogens with zero attached hydrogens (tertiary/aromatic N) is 1. The minimum absolute atomic E-state index is 0.140. The van der Waals surface area contributed by atoms with Crippen molar-refractivity contribution in [3.05, 3.63) is 38.0 Å². The zero-order valence-corrected chi connectivity index (χ0v) is 11.9. The van der Waals surface area contributed by atoms with Crippen LogP contribution in [0.25, 0.3) is 0 Å². The number of hydrogen-bond acceptors (Lipinski definition) is 5. The zero-order chi connectivity index (χ0) is 13.7. The van der Waals surface area contributed by atoms with E-state index >= 15 is 0 Å². The summed E-state index contributed by atoms with van der Waals surface area (Å²) in [5.41, 5.74) is 1.45. The van der Waals surface area contributed by atoms with Crippen molar-refractivity contribution in [2.24, 2.45) is 0 Å². The van der Waals surface area contributed by atoms with E-state index in [9.17, 15) is 4.79 Å². The Balaban J connectivity index is 1.94. The summed E-state index contributed by atoms with van der Waals surface area (Å²) in [7, 11) is 0. The van der Waals surface area contributed by atoms with Crippen molar-refractivity contribution in [3.8, 4) is 11.8 Å². The normalized spacial score (nSPS) is 9.79. The van der Waals surface area contributed by atoms with Crippen molar-refractivity contribution in [1.82, 2.24) is 10.3 Å². The summed E-state index contributed by atoms with van der Waals surface area (Å²) >= 11 is 2.95. The topological polar surface area (TPSA) is 62.2 Å². The lowest BCUT2D eigenvalue weighted by molar-refractivity contribution is 0.0951. The number of carbonyl (C=O) groups is 1. The fraction of sp³-hybridized carbons (Fsp3) is 0.231. The smallest absolute Gasteiger partial charge is 0.252 e. The molecular weight excluding hydrogens is 280 g/mol. The Labute approximate surface area is 119 Å². The van der Waals surface area contributed by atoms with Crippen LogP contribution >= 0.6 is 22.7 Å². The number of rotatable bonds is 3. The number of amides is 1. The van der Waals surface area contributed by atoms with Gasteiger partial charge in [-0.3, -0.25) is 4.79 Å². The molecule has 0 aromatic carbocycles. The van der Waals surface area contributed by atoms with Crippen molar-refractivity contribution in [1.29, 1.82) is 0 Å². The number of aryl methyl sites for hydroxylation is 1. The van der Waals surface area contributed by atoms with Crippen LogP contribution in [0.1, 0.15) is 25.9 Å². The molecule has 0 bridgehead atoms. The van der Waals surface area contributed by atoms with Crippen LogP contribution in [0.15, 0.2) is 16.8 Å². The van der Waals surface area contributed by atoms with Crippen molar-refractivity contribution in [3.63, 3.8) is 0 Å². The largest absolute Gasteiger partial charge is 0.384 e. The monoisotopic (exact) mass is 292 g/mol. The Morgan fingerprint density at radius 3 is 3.00 bits per heavy atom. The molecule has 0 radical (unpaired) electrons. The van der Waals surface area contributed by atoms with Gasteiger partial charge in [0.2, 0.25) is 0 Å². The first-order valence-electron chi connectivity index (χ1n) is 5.56. The summed E-state index contributed by atoms with van der Waals surface area (Å²) in [6.07, 6.45) is 0. The molecule has 0 fully saturated rings. The van der Waals surface area contributed by atoms with Crippen molar-refractivity contribution in [2.75, 3.05) is 6.61 Å². The van der Waals surface area contributed by atoms with Crippen LogP contribution in [0.2, 0.25) is 0 Å². The molecule has 19 heavy (non-hydrogen) atoms. The number of thiazole rings is 1. The van der Waals surface area contributed by atoms with E-state index in [0.717, 1.165) is 15.6 Å². The molecule has 2 rings (SSSR count). The number of nitrogens with one attached hydrogen (secondary N) is 1. The van der Waals surface area contributed by atoms with Crippen LogP contribution in [-0.4, -0.2) is 22.6 Å². The fourth-order valence-electron chi connectivity index (χ4n) is 1.41. The quantitative estimate of drug-likeness (QED) is 0.848. The van der Waals surface area contributed by atoms with Gasteiger partial charge < -0.3 is 10.4 Å². The molecule has 2 N–H and O–H groups in total. The van der Waals surface area contributed by atoms with E-state index in [1.165, 1.54) is 11.3 Å². The molecule has 4 nitrogen and oxygen atoms in total. The van der Waals surface area contributed by atoms with Crippen LogP contribution in [0.4, 0.5) is 0 Å². The molecule has 0 aliphatic carbocycles. The molecule has 0 unspecified atom stereocenters. The minimum Gasteiger partial charge on any atom is -0.384 e. The number of carbonyl (C=O) groups excluding carboxylic acids is 1. The summed E-state index contributed by atoms with van der Waals surface area (Å²) in [5.74, 6) is 5.19. The van der Waals surface area contributed by atoms with E-state index in [1.54, 1.807) is 22.8 Å². The first kappa shape index (κ1) is 13.7. The van der Waals surface area contributed by atoms with Gasteiger partial charge in [-0.25, -0.2) is 4.98 Å². The van der Waals surface area contributed by atoms with Gasteiger partial charge in [0, 0.05) is 10.8 Å². The first-order valence-corrected chi connectivity index (χ1v) is 7.32. The predicted octanol–water partition coefficient (Wildman–Crippen LogP) is 1.79. The average Bonchev–Trinajstić information content (AvgIpc) is 3.02. The highest BCUT2D eigenvalue weighted by atomic mass is 32.1. The average molecular weight is 292 g/mol. The maximum absolute atomic E-state index is 11.9. The highest BCUT2D eigenvalue weighted by Gasteiger charge is 2.08. The van der Waals surface area contributed by atoms with Gasteiger partial charge in [-0.2, -0.15) is 0 Å².